The summed E-state index contributed by atoms with van der Waals surface area (Å²) < 4.78 is 18.7. The number of phenols is 1. The number of H-pyrrole nitrogens is 1. The summed E-state index contributed by atoms with van der Waals surface area (Å²) in [7, 11) is 0. The summed E-state index contributed by atoms with van der Waals surface area (Å²) in [6.45, 7) is 2.24. The van der Waals surface area contributed by atoms with Gasteiger partial charge in [0.1, 0.15) is 29.6 Å². The molecule has 4 rings (SSSR count). The number of phenolic OH excluding ortho intramolecular Hbond substituents is 1. The molecule has 0 radical (unpaired) electrons. The van der Waals surface area contributed by atoms with E-state index >= 15 is 0 Å². The van der Waals surface area contributed by atoms with Crippen LogP contribution < -0.4 is 4.74 Å². The Labute approximate surface area is 162 Å². The first kappa shape index (κ1) is 17.8. The number of aromatic hydroxyl groups is 1. The van der Waals surface area contributed by atoms with Crippen molar-refractivity contribution in [3.8, 4) is 33.9 Å². The number of halogens is 1. The SMILES string of the molecule is Cc1[nH]nc(-c2ccc(OCc3ccc(F)cc3)cc2O)c1-c1ccccc1. The smallest absolute Gasteiger partial charge is 0.128 e. The fourth-order valence-electron chi connectivity index (χ4n) is 3.13. The molecule has 0 unspecified atom stereocenters. The van der Waals surface area contributed by atoms with Gasteiger partial charge in [-0.3, -0.25) is 5.10 Å². The molecule has 0 saturated carbocycles. The lowest BCUT2D eigenvalue weighted by atomic mass is 9.99. The van der Waals surface area contributed by atoms with Crippen molar-refractivity contribution in [2.24, 2.45) is 0 Å². The van der Waals surface area contributed by atoms with Gasteiger partial charge in [-0.15, -0.1) is 0 Å². The van der Waals surface area contributed by atoms with Gasteiger partial charge in [-0.25, -0.2) is 4.39 Å². The molecule has 1 aromatic heterocycles. The van der Waals surface area contributed by atoms with Crippen LogP contribution >= 0.6 is 0 Å². The minimum Gasteiger partial charge on any atom is -0.507 e. The molecule has 2 N–H and O–H groups in total. The van der Waals surface area contributed by atoms with Gasteiger partial charge < -0.3 is 9.84 Å². The van der Waals surface area contributed by atoms with Crippen LogP contribution in [0.5, 0.6) is 11.5 Å². The van der Waals surface area contributed by atoms with Gasteiger partial charge in [-0.05, 0) is 42.3 Å². The fraction of sp³-hybridized carbons (Fsp3) is 0.0870. The lowest BCUT2D eigenvalue weighted by Gasteiger charge is -2.10. The van der Waals surface area contributed by atoms with Crippen molar-refractivity contribution in [2.45, 2.75) is 13.5 Å². The number of aryl methyl sites for hydroxylation is 1. The molecule has 140 valence electrons. The summed E-state index contributed by atoms with van der Waals surface area (Å²) in [5.41, 5.74) is 5.07. The second-order valence-corrected chi connectivity index (χ2v) is 6.53. The van der Waals surface area contributed by atoms with E-state index in [0.717, 1.165) is 22.4 Å². The van der Waals surface area contributed by atoms with Crippen LogP contribution in [0.1, 0.15) is 11.3 Å². The molecule has 3 aromatic carbocycles. The van der Waals surface area contributed by atoms with Gasteiger partial charge in [0.15, 0.2) is 0 Å². The zero-order chi connectivity index (χ0) is 19.5. The highest BCUT2D eigenvalue weighted by Gasteiger charge is 2.17. The molecule has 28 heavy (non-hydrogen) atoms. The molecule has 0 aliphatic rings. The molecule has 0 fully saturated rings. The molecule has 0 aliphatic carbocycles. The third-order valence-corrected chi connectivity index (χ3v) is 4.55. The first-order valence-corrected chi connectivity index (χ1v) is 8.93. The Kier molecular flexibility index (Phi) is 4.81. The first-order chi connectivity index (χ1) is 13.6. The number of ether oxygens (including phenoxy) is 1. The van der Waals surface area contributed by atoms with Crippen molar-refractivity contribution in [1.29, 1.82) is 0 Å². The molecule has 5 heteroatoms. The maximum Gasteiger partial charge on any atom is 0.128 e. The number of rotatable bonds is 5. The van der Waals surface area contributed by atoms with E-state index in [2.05, 4.69) is 10.2 Å². The largest absolute Gasteiger partial charge is 0.507 e. The van der Waals surface area contributed by atoms with E-state index in [0.29, 0.717) is 17.0 Å². The summed E-state index contributed by atoms with van der Waals surface area (Å²) in [6, 6.07) is 21.2. The van der Waals surface area contributed by atoms with Crippen LogP contribution in [-0.4, -0.2) is 15.3 Å². The summed E-state index contributed by atoms with van der Waals surface area (Å²) in [5, 5.41) is 18.0. The molecule has 0 atom stereocenters. The second kappa shape index (κ2) is 7.56. The number of aromatic amines is 1. The normalized spacial score (nSPS) is 10.8. The van der Waals surface area contributed by atoms with Gasteiger partial charge in [0.25, 0.3) is 0 Å². The van der Waals surface area contributed by atoms with Crippen LogP contribution in [0.25, 0.3) is 22.4 Å². The maximum absolute atomic E-state index is 13.0. The van der Waals surface area contributed by atoms with E-state index in [-0.39, 0.29) is 18.2 Å². The van der Waals surface area contributed by atoms with E-state index in [1.54, 1.807) is 30.3 Å². The Morgan fingerprint density at radius 1 is 1.00 bits per heavy atom. The number of benzene rings is 3. The average Bonchev–Trinajstić information content (AvgIpc) is 3.09. The molecule has 4 nitrogen and oxygen atoms in total. The molecule has 0 bridgehead atoms. The molecule has 0 aliphatic heterocycles. The van der Waals surface area contributed by atoms with E-state index in [1.807, 2.05) is 37.3 Å². The highest BCUT2D eigenvalue weighted by molar-refractivity contribution is 5.85. The molecule has 0 amide bonds. The van der Waals surface area contributed by atoms with Crippen molar-refractivity contribution in [3.63, 3.8) is 0 Å². The van der Waals surface area contributed by atoms with Crippen LogP contribution in [0.4, 0.5) is 4.39 Å². The van der Waals surface area contributed by atoms with Crippen molar-refractivity contribution in [1.82, 2.24) is 10.2 Å². The lowest BCUT2D eigenvalue weighted by Crippen LogP contribution is -1.95. The minimum atomic E-state index is -0.283. The monoisotopic (exact) mass is 374 g/mol. The Hall–Kier alpha value is -3.60. The van der Waals surface area contributed by atoms with Crippen LogP contribution in [0, 0.1) is 12.7 Å². The Morgan fingerprint density at radius 3 is 2.46 bits per heavy atom. The quantitative estimate of drug-likeness (QED) is 0.487. The van der Waals surface area contributed by atoms with Gasteiger partial charge >= 0.3 is 0 Å². The maximum atomic E-state index is 13.0. The van der Waals surface area contributed by atoms with Crippen LogP contribution in [0.3, 0.4) is 0 Å². The zero-order valence-electron chi connectivity index (χ0n) is 15.3. The van der Waals surface area contributed by atoms with Gasteiger partial charge in [0.05, 0.1) is 0 Å². The Morgan fingerprint density at radius 2 is 1.75 bits per heavy atom. The second-order valence-electron chi connectivity index (χ2n) is 6.53. The standard InChI is InChI=1S/C23H19FN2O2/c1-15-22(17-5-3-2-4-6-17)23(26-25-15)20-12-11-19(13-21(20)27)28-14-16-7-9-18(24)10-8-16/h2-13,27H,14H2,1H3,(H,25,26). The summed E-state index contributed by atoms with van der Waals surface area (Å²) >= 11 is 0. The van der Waals surface area contributed by atoms with Gasteiger partial charge in [0, 0.05) is 22.9 Å². The first-order valence-electron chi connectivity index (χ1n) is 8.93. The van der Waals surface area contributed by atoms with Crippen LogP contribution in [-0.2, 0) is 6.61 Å². The Bertz CT molecular complexity index is 1090. The predicted molar refractivity (Wildman–Crippen MR) is 107 cm³/mol. The molecule has 0 saturated heterocycles. The van der Waals surface area contributed by atoms with Crippen molar-refractivity contribution >= 4 is 0 Å². The van der Waals surface area contributed by atoms with Gasteiger partial charge in [-0.2, -0.15) is 5.10 Å². The van der Waals surface area contributed by atoms with E-state index in [4.69, 9.17) is 4.74 Å². The van der Waals surface area contributed by atoms with Crippen molar-refractivity contribution in [2.75, 3.05) is 0 Å². The molecular formula is C23H19FN2O2. The highest BCUT2D eigenvalue weighted by atomic mass is 19.1. The number of hydrogen-bond acceptors (Lipinski definition) is 3. The topological polar surface area (TPSA) is 58.1 Å². The zero-order valence-corrected chi connectivity index (χ0v) is 15.3. The van der Waals surface area contributed by atoms with E-state index < -0.39 is 0 Å². The predicted octanol–water partition coefficient (Wildman–Crippen LogP) is 5.48. The van der Waals surface area contributed by atoms with Crippen molar-refractivity contribution in [3.05, 3.63) is 89.9 Å². The third kappa shape index (κ3) is 3.60. The number of nitrogens with one attached hydrogen (secondary N) is 1. The highest BCUT2D eigenvalue weighted by Crippen LogP contribution is 2.38. The molecule has 0 spiro atoms. The number of nitrogens with zero attached hydrogens (tertiary/aromatic N) is 1. The molecular weight excluding hydrogens is 355 g/mol. The lowest BCUT2D eigenvalue weighted by molar-refractivity contribution is 0.304. The molecule has 1 heterocycles. The average molecular weight is 374 g/mol. The van der Waals surface area contributed by atoms with E-state index in [1.165, 1.54) is 12.1 Å². The Balaban J connectivity index is 1.60. The van der Waals surface area contributed by atoms with Crippen molar-refractivity contribution < 1.29 is 14.2 Å². The van der Waals surface area contributed by atoms with Crippen LogP contribution in [0.2, 0.25) is 0 Å². The molecule has 4 aromatic rings. The van der Waals surface area contributed by atoms with E-state index in [9.17, 15) is 9.50 Å². The summed E-state index contributed by atoms with van der Waals surface area (Å²) in [5.74, 6) is 0.327. The van der Waals surface area contributed by atoms with Gasteiger partial charge in [0.2, 0.25) is 0 Å². The fourth-order valence-corrected chi connectivity index (χ4v) is 3.13. The number of hydrogen-bond donors (Lipinski definition) is 2. The minimum absolute atomic E-state index is 0.0836. The number of aromatic nitrogens is 2. The summed E-state index contributed by atoms with van der Waals surface area (Å²) in [6.07, 6.45) is 0. The summed E-state index contributed by atoms with van der Waals surface area (Å²) in [4.78, 5) is 0. The van der Waals surface area contributed by atoms with Crippen LogP contribution in [0.15, 0.2) is 72.8 Å². The van der Waals surface area contributed by atoms with Gasteiger partial charge in [-0.1, -0.05) is 42.5 Å². The third-order valence-electron chi connectivity index (χ3n) is 4.55.